The van der Waals surface area contributed by atoms with Crippen LogP contribution in [0.2, 0.25) is 0 Å². The minimum Gasteiger partial charge on any atom is -0.457 e. The highest BCUT2D eigenvalue weighted by atomic mass is 16.5. The van der Waals surface area contributed by atoms with Gasteiger partial charge in [0.15, 0.2) is 0 Å². The van der Waals surface area contributed by atoms with E-state index in [0.717, 1.165) is 36.3 Å². The molecule has 0 aliphatic rings. The molecule has 0 radical (unpaired) electrons. The first kappa shape index (κ1) is 24.6. The van der Waals surface area contributed by atoms with Gasteiger partial charge < -0.3 is 25.8 Å². The molecule has 9 nitrogen and oxygen atoms in total. The van der Waals surface area contributed by atoms with Crippen LogP contribution in [0.3, 0.4) is 0 Å². The molecular weight excluding hydrogens is 456 g/mol. The third kappa shape index (κ3) is 5.92. The molecule has 0 saturated heterocycles. The number of para-hydroxylation sites is 1. The molecule has 4 rings (SSSR count). The average Bonchev–Trinajstić information content (AvgIpc) is 3.21. The van der Waals surface area contributed by atoms with E-state index in [9.17, 15) is 10.1 Å². The number of hydrogen-bond acceptors (Lipinski definition) is 6. The van der Waals surface area contributed by atoms with Gasteiger partial charge in [-0.05, 0) is 62.6 Å². The number of urea groups is 1. The Morgan fingerprint density at radius 3 is 2.56 bits per heavy atom. The number of ether oxygens (including phenoxy) is 1. The van der Waals surface area contributed by atoms with Crippen molar-refractivity contribution in [3.05, 3.63) is 78.1 Å². The van der Waals surface area contributed by atoms with Gasteiger partial charge in [-0.15, -0.1) is 0 Å². The summed E-state index contributed by atoms with van der Waals surface area (Å²) in [5.74, 6) is 1.44. The van der Waals surface area contributed by atoms with E-state index in [2.05, 4.69) is 27.1 Å². The van der Waals surface area contributed by atoms with Crippen LogP contribution >= 0.6 is 0 Å². The lowest BCUT2D eigenvalue weighted by Crippen LogP contribution is -2.29. The van der Waals surface area contributed by atoms with Crippen molar-refractivity contribution in [2.45, 2.75) is 26.2 Å². The number of unbranched alkanes of at least 4 members (excludes halogenated alkanes) is 2. The van der Waals surface area contributed by atoms with E-state index in [-0.39, 0.29) is 12.6 Å². The van der Waals surface area contributed by atoms with Crippen LogP contribution in [0, 0.1) is 18.3 Å². The number of aryl methyl sites for hydroxylation is 1. The second-order valence-electron chi connectivity index (χ2n) is 8.24. The van der Waals surface area contributed by atoms with E-state index in [1.807, 2.05) is 61.5 Å². The molecule has 2 amide bonds. The van der Waals surface area contributed by atoms with E-state index in [1.54, 1.807) is 10.7 Å². The van der Waals surface area contributed by atoms with Gasteiger partial charge in [0.1, 0.15) is 17.6 Å². The third-order valence-corrected chi connectivity index (χ3v) is 5.65. The highest BCUT2D eigenvalue weighted by Crippen LogP contribution is 2.33. The number of fused-ring (bicyclic) bond motifs is 1. The number of benzene rings is 2. The Balaban J connectivity index is 1.51. The van der Waals surface area contributed by atoms with Crippen molar-refractivity contribution in [3.63, 3.8) is 0 Å². The number of aliphatic hydroxyl groups excluding tert-OH is 1. The molecule has 184 valence electrons. The van der Waals surface area contributed by atoms with Gasteiger partial charge in [0, 0.05) is 24.4 Å². The second-order valence-corrected chi connectivity index (χ2v) is 8.24. The van der Waals surface area contributed by atoms with Gasteiger partial charge >= 0.3 is 6.03 Å². The highest BCUT2D eigenvalue weighted by Gasteiger charge is 2.17. The summed E-state index contributed by atoms with van der Waals surface area (Å²) in [6.45, 7) is 2.55. The average molecular weight is 485 g/mol. The van der Waals surface area contributed by atoms with Gasteiger partial charge in [-0.2, -0.15) is 10.4 Å². The summed E-state index contributed by atoms with van der Waals surface area (Å²) in [5, 5.41) is 31.9. The number of carbonyl (C=O) groups excluding carboxylic acids is 1. The standard InChI is InChI=1S/C27H28N6O3/c1-19-24(32-27(35)29-14-6-3-7-15-34)18-33-26(19)25(20(16-28)17-30-33)31-21-10-12-23(13-11-21)36-22-8-4-2-5-9-22/h2,4-5,8-13,17-18,31,34H,3,6-7,14-15H2,1H3,(H2,29,32,35). The zero-order chi connectivity index (χ0) is 25.3. The molecule has 2 heterocycles. The van der Waals surface area contributed by atoms with E-state index in [1.165, 1.54) is 6.20 Å². The quantitative estimate of drug-likeness (QED) is 0.226. The molecular formula is C27H28N6O3. The second kappa shape index (κ2) is 11.7. The van der Waals surface area contributed by atoms with Crippen LogP contribution < -0.4 is 20.7 Å². The maximum absolute atomic E-state index is 12.4. The van der Waals surface area contributed by atoms with Crippen molar-refractivity contribution in [1.82, 2.24) is 14.9 Å². The van der Waals surface area contributed by atoms with Gasteiger partial charge in [-0.25, -0.2) is 9.31 Å². The predicted octanol–water partition coefficient (Wildman–Crippen LogP) is 5.33. The van der Waals surface area contributed by atoms with Crippen molar-refractivity contribution in [1.29, 1.82) is 5.26 Å². The van der Waals surface area contributed by atoms with Crippen molar-refractivity contribution >= 4 is 28.6 Å². The Labute approximate surface area is 209 Å². The normalized spacial score (nSPS) is 10.6. The SMILES string of the molecule is Cc1c(NC(=O)NCCCCCO)cn2ncc(C#N)c(Nc3ccc(Oc4ccccc4)cc3)c12. The molecule has 0 bridgehead atoms. The molecule has 0 atom stereocenters. The number of carbonyl (C=O) groups is 1. The van der Waals surface area contributed by atoms with Crippen molar-refractivity contribution in [3.8, 4) is 17.6 Å². The van der Waals surface area contributed by atoms with Gasteiger partial charge in [-0.3, -0.25) is 0 Å². The van der Waals surface area contributed by atoms with Gasteiger partial charge in [-0.1, -0.05) is 18.2 Å². The van der Waals surface area contributed by atoms with E-state index in [4.69, 9.17) is 9.84 Å². The van der Waals surface area contributed by atoms with Gasteiger partial charge in [0.25, 0.3) is 0 Å². The number of aromatic nitrogens is 2. The zero-order valence-electron chi connectivity index (χ0n) is 20.0. The molecule has 0 unspecified atom stereocenters. The topological polar surface area (TPSA) is 124 Å². The van der Waals surface area contributed by atoms with Crippen molar-refractivity contribution in [2.75, 3.05) is 23.8 Å². The maximum Gasteiger partial charge on any atom is 0.319 e. The van der Waals surface area contributed by atoms with Crippen LogP contribution in [0.5, 0.6) is 11.5 Å². The van der Waals surface area contributed by atoms with Crippen LogP contribution in [-0.2, 0) is 0 Å². The molecule has 36 heavy (non-hydrogen) atoms. The minimum atomic E-state index is -0.318. The highest BCUT2D eigenvalue weighted by molar-refractivity contribution is 5.94. The van der Waals surface area contributed by atoms with Crippen LogP contribution in [0.4, 0.5) is 21.9 Å². The molecule has 4 aromatic rings. The van der Waals surface area contributed by atoms with E-state index >= 15 is 0 Å². The van der Waals surface area contributed by atoms with E-state index in [0.29, 0.717) is 34.7 Å². The molecule has 0 spiro atoms. The fraction of sp³-hybridized carbons (Fsp3) is 0.222. The molecule has 0 aliphatic heterocycles. The number of anilines is 3. The smallest absolute Gasteiger partial charge is 0.319 e. The van der Waals surface area contributed by atoms with Crippen molar-refractivity contribution < 1.29 is 14.6 Å². The van der Waals surface area contributed by atoms with Crippen LogP contribution in [0.25, 0.3) is 5.52 Å². The van der Waals surface area contributed by atoms with Gasteiger partial charge in [0.05, 0.1) is 34.8 Å². The third-order valence-electron chi connectivity index (χ3n) is 5.65. The van der Waals surface area contributed by atoms with Crippen molar-refractivity contribution in [2.24, 2.45) is 0 Å². The molecule has 4 N–H and O–H groups in total. The molecule has 0 saturated carbocycles. The number of nitriles is 1. The number of amides is 2. The summed E-state index contributed by atoms with van der Waals surface area (Å²) in [6.07, 6.45) is 5.58. The fourth-order valence-electron chi connectivity index (χ4n) is 3.78. The number of nitrogens with zero attached hydrogens (tertiary/aromatic N) is 3. The number of rotatable bonds is 10. The Kier molecular flexibility index (Phi) is 8.01. The molecule has 2 aromatic heterocycles. The maximum atomic E-state index is 12.4. The summed E-state index contributed by atoms with van der Waals surface area (Å²) >= 11 is 0. The summed E-state index contributed by atoms with van der Waals surface area (Å²) in [4.78, 5) is 12.4. The summed E-state index contributed by atoms with van der Waals surface area (Å²) in [5.41, 5.74) is 3.82. The Bertz CT molecular complexity index is 1360. The van der Waals surface area contributed by atoms with Crippen LogP contribution in [0.15, 0.2) is 67.0 Å². The number of nitrogens with one attached hydrogen (secondary N) is 3. The first-order chi connectivity index (χ1) is 17.6. The van der Waals surface area contributed by atoms with E-state index < -0.39 is 0 Å². The Morgan fingerprint density at radius 2 is 1.83 bits per heavy atom. The lowest BCUT2D eigenvalue weighted by molar-refractivity contribution is 0.251. The summed E-state index contributed by atoms with van der Waals surface area (Å²) < 4.78 is 7.49. The number of hydrogen-bond donors (Lipinski definition) is 4. The zero-order valence-corrected chi connectivity index (χ0v) is 20.0. The summed E-state index contributed by atoms with van der Waals surface area (Å²) in [7, 11) is 0. The lowest BCUT2D eigenvalue weighted by Gasteiger charge is -2.12. The van der Waals surface area contributed by atoms with Crippen LogP contribution in [0.1, 0.15) is 30.4 Å². The lowest BCUT2D eigenvalue weighted by atomic mass is 10.1. The summed E-state index contributed by atoms with van der Waals surface area (Å²) in [6, 6.07) is 18.8. The first-order valence-electron chi connectivity index (χ1n) is 11.8. The Morgan fingerprint density at radius 1 is 1.08 bits per heavy atom. The minimum absolute atomic E-state index is 0.155. The largest absolute Gasteiger partial charge is 0.457 e. The molecule has 2 aromatic carbocycles. The predicted molar refractivity (Wildman–Crippen MR) is 139 cm³/mol. The number of aliphatic hydroxyl groups is 1. The van der Waals surface area contributed by atoms with Gasteiger partial charge in [0.2, 0.25) is 0 Å². The first-order valence-corrected chi connectivity index (χ1v) is 11.8. The molecule has 0 fully saturated rings. The van der Waals surface area contributed by atoms with Crippen LogP contribution in [-0.4, -0.2) is 33.9 Å². The Hall–Kier alpha value is -4.55. The fourth-order valence-corrected chi connectivity index (χ4v) is 3.78. The molecule has 0 aliphatic carbocycles. The monoisotopic (exact) mass is 484 g/mol. The molecule has 9 heteroatoms.